The van der Waals surface area contributed by atoms with Crippen molar-refractivity contribution in [1.29, 1.82) is 0 Å². The van der Waals surface area contributed by atoms with Gasteiger partial charge >= 0.3 is 0 Å². The third-order valence-corrected chi connectivity index (χ3v) is 1.88. The quantitative estimate of drug-likeness (QED) is 0.747. The molecule has 1 N–H and O–H groups in total. The van der Waals surface area contributed by atoms with Crippen LogP contribution in [-0.4, -0.2) is 18.5 Å². The van der Waals surface area contributed by atoms with Crippen molar-refractivity contribution in [1.82, 2.24) is 0 Å². The van der Waals surface area contributed by atoms with E-state index in [1.807, 2.05) is 13.0 Å². The second-order valence-corrected chi connectivity index (χ2v) is 2.74. The van der Waals surface area contributed by atoms with Gasteiger partial charge in [0.1, 0.15) is 0 Å². The number of hydrogen-bond acceptors (Lipinski definition) is 3. The van der Waals surface area contributed by atoms with E-state index in [0.717, 1.165) is 5.56 Å². The molecule has 0 aliphatic heterocycles. The van der Waals surface area contributed by atoms with Crippen LogP contribution in [0.4, 0.5) is 0 Å². The first-order valence-electron chi connectivity index (χ1n) is 4.22. The number of carbonyl (C=O) groups excluding carboxylic acids is 1. The van der Waals surface area contributed by atoms with Crippen LogP contribution in [0.15, 0.2) is 18.2 Å². The van der Waals surface area contributed by atoms with Gasteiger partial charge in [0, 0.05) is 0 Å². The first-order valence-corrected chi connectivity index (χ1v) is 4.22. The molecule has 0 fully saturated rings. The fraction of sp³-hybridized carbons (Fsp3) is 0.182. The average Bonchev–Trinajstić information content (AvgIpc) is 2.20. The van der Waals surface area contributed by atoms with Crippen LogP contribution in [0, 0.1) is 0 Å². The van der Waals surface area contributed by atoms with Gasteiger partial charge < -0.3 is 9.84 Å². The molecule has 3 nitrogen and oxygen atoms in total. The maximum atomic E-state index is 10.8. The number of aromatic hydroxyl groups is 1. The molecule has 0 aromatic heterocycles. The van der Waals surface area contributed by atoms with Crippen LogP contribution in [0.3, 0.4) is 0 Å². The lowest BCUT2D eigenvalue weighted by Crippen LogP contribution is -1.94. The van der Waals surface area contributed by atoms with Crippen molar-refractivity contribution < 1.29 is 14.6 Å². The molecule has 0 saturated carbocycles. The van der Waals surface area contributed by atoms with Crippen molar-refractivity contribution in [3.8, 4) is 11.5 Å². The average molecular weight is 192 g/mol. The molecule has 3 heteroatoms. The number of benzene rings is 1. The number of carbonyl (C=O) groups is 1. The summed E-state index contributed by atoms with van der Waals surface area (Å²) < 4.78 is 4.94. The standard InChI is InChI=1S/C11H12O3/c1-3-4-8-5-6-10(13)11(14-2)9(8)7-12/h3-7,13H,1-2H3. The zero-order chi connectivity index (χ0) is 10.6. The van der Waals surface area contributed by atoms with Crippen molar-refractivity contribution in [2.45, 2.75) is 6.92 Å². The van der Waals surface area contributed by atoms with Gasteiger partial charge in [-0.2, -0.15) is 0 Å². The van der Waals surface area contributed by atoms with Crippen LogP contribution in [0.5, 0.6) is 11.5 Å². The number of aldehydes is 1. The summed E-state index contributed by atoms with van der Waals surface area (Å²) in [5, 5.41) is 9.41. The smallest absolute Gasteiger partial charge is 0.171 e. The largest absolute Gasteiger partial charge is 0.504 e. The summed E-state index contributed by atoms with van der Waals surface area (Å²) >= 11 is 0. The number of allylic oxidation sites excluding steroid dienone is 1. The SMILES string of the molecule is CC=Cc1ccc(O)c(OC)c1C=O. The minimum absolute atomic E-state index is 0.0251. The summed E-state index contributed by atoms with van der Waals surface area (Å²) in [6.45, 7) is 1.86. The van der Waals surface area contributed by atoms with Gasteiger partial charge in [-0.15, -0.1) is 0 Å². The highest BCUT2D eigenvalue weighted by atomic mass is 16.5. The van der Waals surface area contributed by atoms with Crippen molar-refractivity contribution >= 4 is 12.4 Å². The van der Waals surface area contributed by atoms with E-state index in [-0.39, 0.29) is 11.5 Å². The molecule has 0 unspecified atom stereocenters. The minimum Gasteiger partial charge on any atom is -0.504 e. The lowest BCUT2D eigenvalue weighted by atomic mass is 10.1. The lowest BCUT2D eigenvalue weighted by molar-refractivity contribution is 0.111. The summed E-state index contributed by atoms with van der Waals surface area (Å²) in [5.41, 5.74) is 1.10. The van der Waals surface area contributed by atoms with E-state index in [2.05, 4.69) is 0 Å². The van der Waals surface area contributed by atoms with Crippen LogP contribution >= 0.6 is 0 Å². The zero-order valence-corrected chi connectivity index (χ0v) is 8.15. The summed E-state index contributed by atoms with van der Waals surface area (Å²) in [4.78, 5) is 10.8. The van der Waals surface area contributed by atoms with E-state index in [4.69, 9.17) is 4.74 Å². The number of methoxy groups -OCH3 is 1. The van der Waals surface area contributed by atoms with E-state index >= 15 is 0 Å². The molecule has 1 rings (SSSR count). The summed E-state index contributed by atoms with van der Waals surface area (Å²) in [5.74, 6) is 0.193. The Morgan fingerprint density at radius 2 is 2.14 bits per heavy atom. The Morgan fingerprint density at radius 3 is 2.64 bits per heavy atom. The highest BCUT2D eigenvalue weighted by Crippen LogP contribution is 2.31. The third kappa shape index (κ3) is 1.76. The van der Waals surface area contributed by atoms with Gasteiger partial charge in [0.15, 0.2) is 17.8 Å². The van der Waals surface area contributed by atoms with Crippen molar-refractivity contribution in [2.24, 2.45) is 0 Å². The zero-order valence-electron chi connectivity index (χ0n) is 8.15. The minimum atomic E-state index is -0.0251. The fourth-order valence-electron chi connectivity index (χ4n) is 1.26. The summed E-state index contributed by atoms with van der Waals surface area (Å²) in [7, 11) is 1.42. The first-order chi connectivity index (χ1) is 6.74. The van der Waals surface area contributed by atoms with Crippen LogP contribution in [-0.2, 0) is 0 Å². The lowest BCUT2D eigenvalue weighted by Gasteiger charge is -2.08. The fourth-order valence-corrected chi connectivity index (χ4v) is 1.26. The predicted octanol–water partition coefficient (Wildman–Crippen LogP) is 2.25. The Labute approximate surface area is 82.6 Å². The van der Waals surface area contributed by atoms with Crippen LogP contribution in [0.2, 0.25) is 0 Å². The Balaban J connectivity index is 3.39. The van der Waals surface area contributed by atoms with Crippen molar-refractivity contribution in [2.75, 3.05) is 7.11 Å². The molecule has 0 aliphatic carbocycles. The van der Waals surface area contributed by atoms with E-state index in [1.54, 1.807) is 12.1 Å². The molecule has 1 aromatic rings. The van der Waals surface area contributed by atoms with E-state index in [0.29, 0.717) is 11.8 Å². The Morgan fingerprint density at radius 1 is 1.43 bits per heavy atom. The Kier molecular flexibility index (Phi) is 3.29. The highest BCUT2D eigenvalue weighted by Gasteiger charge is 2.10. The maximum Gasteiger partial charge on any atom is 0.171 e. The molecule has 0 aliphatic rings. The van der Waals surface area contributed by atoms with Gasteiger partial charge in [0.2, 0.25) is 0 Å². The normalized spacial score (nSPS) is 10.4. The van der Waals surface area contributed by atoms with Crippen LogP contribution < -0.4 is 4.74 Å². The topological polar surface area (TPSA) is 46.5 Å². The van der Waals surface area contributed by atoms with Gasteiger partial charge in [-0.3, -0.25) is 4.79 Å². The Bertz CT molecular complexity index is 367. The molecule has 0 bridgehead atoms. The molecule has 14 heavy (non-hydrogen) atoms. The number of phenolic OH excluding ortho intramolecular Hbond substituents is 1. The predicted molar refractivity (Wildman–Crippen MR) is 54.8 cm³/mol. The first kappa shape index (κ1) is 10.3. The molecule has 0 radical (unpaired) electrons. The molecule has 74 valence electrons. The van der Waals surface area contributed by atoms with Gasteiger partial charge in [-0.05, 0) is 18.6 Å². The molecular formula is C11H12O3. The van der Waals surface area contributed by atoms with Crippen LogP contribution in [0.1, 0.15) is 22.8 Å². The van der Waals surface area contributed by atoms with E-state index < -0.39 is 0 Å². The second kappa shape index (κ2) is 4.46. The molecule has 1 aromatic carbocycles. The molecule has 0 saturated heterocycles. The van der Waals surface area contributed by atoms with Crippen molar-refractivity contribution in [3.63, 3.8) is 0 Å². The van der Waals surface area contributed by atoms with Crippen LogP contribution in [0.25, 0.3) is 6.08 Å². The third-order valence-electron chi connectivity index (χ3n) is 1.88. The molecule has 0 atom stereocenters. The van der Waals surface area contributed by atoms with E-state index in [1.165, 1.54) is 13.2 Å². The van der Waals surface area contributed by atoms with E-state index in [9.17, 15) is 9.90 Å². The summed E-state index contributed by atoms with van der Waals surface area (Å²) in [6, 6.07) is 3.17. The number of hydrogen-bond donors (Lipinski definition) is 1. The van der Waals surface area contributed by atoms with Gasteiger partial charge in [-0.1, -0.05) is 18.2 Å². The molecule has 0 spiro atoms. The summed E-state index contributed by atoms with van der Waals surface area (Å²) in [6.07, 6.45) is 4.28. The highest BCUT2D eigenvalue weighted by molar-refractivity contribution is 5.87. The van der Waals surface area contributed by atoms with Gasteiger partial charge in [-0.25, -0.2) is 0 Å². The molecule has 0 amide bonds. The molecule has 0 heterocycles. The number of phenols is 1. The number of ether oxygens (including phenoxy) is 1. The second-order valence-electron chi connectivity index (χ2n) is 2.74. The monoisotopic (exact) mass is 192 g/mol. The van der Waals surface area contributed by atoms with Crippen molar-refractivity contribution in [3.05, 3.63) is 29.3 Å². The molecular weight excluding hydrogens is 180 g/mol. The van der Waals surface area contributed by atoms with Gasteiger partial charge in [0.25, 0.3) is 0 Å². The maximum absolute atomic E-state index is 10.8. The number of rotatable bonds is 3. The Hall–Kier alpha value is -1.77. The van der Waals surface area contributed by atoms with Gasteiger partial charge in [0.05, 0.1) is 12.7 Å².